The van der Waals surface area contributed by atoms with E-state index in [1.165, 1.54) is 0 Å². The van der Waals surface area contributed by atoms with Crippen molar-refractivity contribution in [3.05, 3.63) is 0 Å². The summed E-state index contributed by atoms with van der Waals surface area (Å²) in [6.07, 6.45) is -3.54. The number of nitrogens with one attached hydrogen (secondary N) is 1. The maximum atomic E-state index is 11.8. The monoisotopic (exact) mass is 268 g/mol. The number of rotatable bonds is 3. The first kappa shape index (κ1) is 14.6. The molecule has 0 saturated heterocycles. The second-order valence-electron chi connectivity index (χ2n) is 4.29. The third kappa shape index (κ3) is 5.24. The fraction of sp³-hybridized carbons (Fsp3) is 0.800. The number of carbonyl (C=O) groups excluding carboxylic acids is 2. The smallest absolute Gasteiger partial charge is 0.422 e. The van der Waals surface area contributed by atoms with E-state index in [0.717, 1.165) is 0 Å². The Hall–Kier alpha value is -1.47. The standard InChI is InChI=1S/C10H15F3N2O3/c11-10(12,13)5-18-9(17)15-7-3-1-6(2-4-7)8(14)16/h6-7H,1-5H2,(H2,14,16)(H,15,17). The maximum Gasteiger partial charge on any atom is 0.422 e. The zero-order valence-electron chi connectivity index (χ0n) is 9.63. The highest BCUT2D eigenvalue weighted by Crippen LogP contribution is 2.24. The molecule has 0 aliphatic heterocycles. The second kappa shape index (κ2) is 5.92. The van der Waals surface area contributed by atoms with Crippen LogP contribution in [-0.4, -0.2) is 30.8 Å². The molecule has 3 N–H and O–H groups in total. The number of amides is 2. The number of hydrogen-bond donors (Lipinski definition) is 2. The van der Waals surface area contributed by atoms with Gasteiger partial charge in [0.15, 0.2) is 6.61 Å². The van der Waals surface area contributed by atoms with E-state index in [1.54, 1.807) is 0 Å². The Labute approximate surface area is 102 Å². The molecule has 1 rings (SSSR count). The number of carbonyl (C=O) groups is 2. The van der Waals surface area contributed by atoms with Gasteiger partial charge in [0.1, 0.15) is 0 Å². The minimum atomic E-state index is -4.53. The van der Waals surface area contributed by atoms with Gasteiger partial charge in [-0.15, -0.1) is 0 Å². The summed E-state index contributed by atoms with van der Waals surface area (Å²) >= 11 is 0. The molecule has 0 spiro atoms. The summed E-state index contributed by atoms with van der Waals surface area (Å²) in [7, 11) is 0. The van der Waals surface area contributed by atoms with Crippen LogP contribution in [0, 0.1) is 5.92 Å². The highest BCUT2D eigenvalue weighted by atomic mass is 19.4. The molecule has 0 heterocycles. The quantitative estimate of drug-likeness (QED) is 0.810. The molecule has 0 unspecified atom stereocenters. The molecule has 0 bridgehead atoms. The van der Waals surface area contributed by atoms with E-state index in [0.29, 0.717) is 25.7 Å². The third-order valence-corrected chi connectivity index (χ3v) is 2.82. The molecule has 1 fully saturated rings. The van der Waals surface area contributed by atoms with Gasteiger partial charge in [-0.25, -0.2) is 4.79 Å². The number of ether oxygens (including phenoxy) is 1. The lowest BCUT2D eigenvalue weighted by Crippen LogP contribution is -2.40. The van der Waals surface area contributed by atoms with Crippen molar-refractivity contribution in [1.29, 1.82) is 0 Å². The van der Waals surface area contributed by atoms with Gasteiger partial charge in [0.05, 0.1) is 0 Å². The molecule has 8 heteroatoms. The van der Waals surface area contributed by atoms with Crippen molar-refractivity contribution in [2.24, 2.45) is 11.7 Å². The van der Waals surface area contributed by atoms with Gasteiger partial charge in [0.2, 0.25) is 5.91 Å². The number of hydrogen-bond acceptors (Lipinski definition) is 3. The lowest BCUT2D eigenvalue weighted by molar-refractivity contribution is -0.160. The van der Waals surface area contributed by atoms with Crippen LogP contribution >= 0.6 is 0 Å². The van der Waals surface area contributed by atoms with Crippen LogP contribution in [0.4, 0.5) is 18.0 Å². The summed E-state index contributed by atoms with van der Waals surface area (Å²) in [5.74, 6) is -0.595. The van der Waals surface area contributed by atoms with Crippen LogP contribution in [0.25, 0.3) is 0 Å². The number of nitrogens with two attached hydrogens (primary N) is 1. The number of halogens is 3. The van der Waals surface area contributed by atoms with Gasteiger partial charge in [-0.3, -0.25) is 4.79 Å². The first-order valence-corrected chi connectivity index (χ1v) is 5.57. The SMILES string of the molecule is NC(=O)C1CCC(NC(=O)OCC(F)(F)F)CC1. The Bertz CT molecular complexity index is 312. The summed E-state index contributed by atoms with van der Waals surface area (Å²) in [6.45, 7) is -1.60. The molecule has 0 aromatic rings. The van der Waals surface area contributed by atoms with Crippen LogP contribution in [0.3, 0.4) is 0 Å². The van der Waals surface area contributed by atoms with Crippen molar-refractivity contribution in [2.45, 2.75) is 37.9 Å². The van der Waals surface area contributed by atoms with E-state index in [1.807, 2.05) is 0 Å². The van der Waals surface area contributed by atoms with Crippen molar-refractivity contribution in [1.82, 2.24) is 5.32 Å². The Balaban J connectivity index is 2.24. The molecular formula is C10H15F3N2O3. The lowest BCUT2D eigenvalue weighted by Gasteiger charge is -2.27. The van der Waals surface area contributed by atoms with Crippen molar-refractivity contribution < 1.29 is 27.5 Å². The molecular weight excluding hydrogens is 253 g/mol. The van der Waals surface area contributed by atoms with Gasteiger partial charge < -0.3 is 15.8 Å². The minimum absolute atomic E-state index is 0.214. The summed E-state index contributed by atoms with van der Waals surface area (Å²) in [6, 6.07) is -0.263. The average Bonchev–Trinajstić information content (AvgIpc) is 2.26. The van der Waals surface area contributed by atoms with Gasteiger partial charge in [-0.05, 0) is 25.7 Å². The molecule has 0 aromatic carbocycles. The molecule has 1 aliphatic rings. The predicted molar refractivity (Wildman–Crippen MR) is 55.5 cm³/mol. The first-order chi connectivity index (χ1) is 8.28. The molecule has 18 heavy (non-hydrogen) atoms. The van der Waals surface area contributed by atoms with E-state index < -0.39 is 18.9 Å². The van der Waals surface area contributed by atoms with E-state index in [2.05, 4.69) is 10.1 Å². The highest BCUT2D eigenvalue weighted by molar-refractivity contribution is 5.76. The summed E-state index contributed by atoms with van der Waals surface area (Å²) in [5, 5.41) is 2.34. The first-order valence-electron chi connectivity index (χ1n) is 5.57. The molecule has 104 valence electrons. The molecule has 1 saturated carbocycles. The zero-order chi connectivity index (χ0) is 13.8. The van der Waals surface area contributed by atoms with Crippen LogP contribution in [-0.2, 0) is 9.53 Å². The van der Waals surface area contributed by atoms with Crippen molar-refractivity contribution in [2.75, 3.05) is 6.61 Å². The fourth-order valence-corrected chi connectivity index (χ4v) is 1.88. The van der Waals surface area contributed by atoms with E-state index in [9.17, 15) is 22.8 Å². The van der Waals surface area contributed by atoms with Crippen LogP contribution < -0.4 is 11.1 Å². The van der Waals surface area contributed by atoms with E-state index in [-0.39, 0.29) is 17.9 Å². The summed E-state index contributed by atoms with van der Waals surface area (Å²) in [4.78, 5) is 21.9. The number of alkyl carbamates (subject to hydrolysis) is 1. The summed E-state index contributed by atoms with van der Waals surface area (Å²) in [5.41, 5.74) is 5.13. The second-order valence-corrected chi connectivity index (χ2v) is 4.29. The molecule has 0 aromatic heterocycles. The average molecular weight is 268 g/mol. The van der Waals surface area contributed by atoms with Gasteiger partial charge in [-0.1, -0.05) is 0 Å². The fourth-order valence-electron chi connectivity index (χ4n) is 1.88. The van der Waals surface area contributed by atoms with Crippen molar-refractivity contribution in [3.63, 3.8) is 0 Å². The van der Waals surface area contributed by atoms with Crippen LogP contribution in [0.15, 0.2) is 0 Å². The largest absolute Gasteiger partial charge is 0.440 e. The van der Waals surface area contributed by atoms with Gasteiger partial charge >= 0.3 is 12.3 Å². The number of alkyl halides is 3. The Morgan fingerprint density at radius 1 is 1.22 bits per heavy atom. The Morgan fingerprint density at radius 3 is 2.22 bits per heavy atom. The normalized spacial score (nSPS) is 24.4. The lowest BCUT2D eigenvalue weighted by atomic mass is 9.86. The van der Waals surface area contributed by atoms with Gasteiger partial charge in [0, 0.05) is 12.0 Å². The van der Waals surface area contributed by atoms with E-state index in [4.69, 9.17) is 5.73 Å². The topological polar surface area (TPSA) is 81.4 Å². The van der Waals surface area contributed by atoms with Crippen LogP contribution in [0.1, 0.15) is 25.7 Å². The molecule has 0 atom stereocenters. The van der Waals surface area contributed by atoms with Crippen molar-refractivity contribution in [3.8, 4) is 0 Å². The van der Waals surface area contributed by atoms with Gasteiger partial charge in [-0.2, -0.15) is 13.2 Å². The molecule has 1 aliphatic carbocycles. The third-order valence-electron chi connectivity index (χ3n) is 2.82. The molecule has 5 nitrogen and oxygen atoms in total. The Morgan fingerprint density at radius 2 is 1.78 bits per heavy atom. The van der Waals surface area contributed by atoms with Gasteiger partial charge in [0.25, 0.3) is 0 Å². The van der Waals surface area contributed by atoms with E-state index >= 15 is 0 Å². The maximum absolute atomic E-state index is 11.8. The van der Waals surface area contributed by atoms with Crippen molar-refractivity contribution >= 4 is 12.0 Å². The molecule has 2 amide bonds. The Kier molecular flexibility index (Phi) is 4.80. The van der Waals surface area contributed by atoms with Crippen LogP contribution in [0.2, 0.25) is 0 Å². The number of primary amides is 1. The molecule has 0 radical (unpaired) electrons. The minimum Gasteiger partial charge on any atom is -0.440 e. The summed E-state index contributed by atoms with van der Waals surface area (Å²) < 4.78 is 39.4. The highest BCUT2D eigenvalue weighted by Gasteiger charge is 2.31. The predicted octanol–water partition coefficient (Wildman–Crippen LogP) is 1.32. The van der Waals surface area contributed by atoms with Crippen LogP contribution in [0.5, 0.6) is 0 Å². The zero-order valence-corrected chi connectivity index (χ0v) is 9.63.